The number of sulfonamides is 1. The third kappa shape index (κ3) is 4.41. The van der Waals surface area contributed by atoms with Crippen LogP contribution in [0.1, 0.15) is 20.7 Å². The van der Waals surface area contributed by atoms with Crippen molar-refractivity contribution in [3.63, 3.8) is 0 Å². The number of hydrogen-bond acceptors (Lipinski definition) is 5. The topological polar surface area (TPSA) is 92.8 Å². The Labute approximate surface area is 160 Å². The second-order valence-corrected chi connectivity index (χ2v) is 8.08. The summed E-state index contributed by atoms with van der Waals surface area (Å²) in [6.45, 7) is 0. The zero-order chi connectivity index (χ0) is 19.5. The summed E-state index contributed by atoms with van der Waals surface area (Å²) in [5.74, 6) is -1.03. The highest BCUT2D eigenvalue weighted by Gasteiger charge is 2.24. The third-order valence-corrected chi connectivity index (χ3v) is 5.34. The van der Waals surface area contributed by atoms with Crippen LogP contribution in [-0.2, 0) is 14.8 Å². The van der Waals surface area contributed by atoms with Gasteiger partial charge in [0, 0.05) is 29.8 Å². The van der Waals surface area contributed by atoms with E-state index in [-0.39, 0.29) is 22.1 Å². The van der Waals surface area contributed by atoms with Crippen molar-refractivity contribution in [1.29, 1.82) is 0 Å². The number of halogens is 1. The fourth-order valence-corrected chi connectivity index (χ4v) is 3.78. The molecule has 0 atom stereocenters. The second kappa shape index (κ2) is 7.88. The van der Waals surface area contributed by atoms with E-state index in [2.05, 4.69) is 25.4 Å². The van der Waals surface area contributed by atoms with Crippen molar-refractivity contribution in [2.45, 2.75) is 4.90 Å². The summed E-state index contributed by atoms with van der Waals surface area (Å²) in [4.78, 5) is 25.1. The predicted molar refractivity (Wildman–Crippen MR) is 101 cm³/mol. The number of carbonyl (C=O) groups excluding carboxylic acids is 2. The molecule has 0 heterocycles. The Hall–Kier alpha value is -2.39. The van der Waals surface area contributed by atoms with Crippen LogP contribution in [0.4, 0.5) is 5.69 Å². The van der Waals surface area contributed by atoms with Gasteiger partial charge in [-0.1, -0.05) is 22.0 Å². The number of anilines is 1. The fourth-order valence-electron chi connectivity index (χ4n) is 2.19. The highest BCUT2D eigenvalue weighted by atomic mass is 79.9. The molecule has 138 valence electrons. The minimum absolute atomic E-state index is 0.102. The number of methoxy groups -OCH3 is 1. The Morgan fingerprint density at radius 2 is 1.81 bits per heavy atom. The molecule has 0 aliphatic heterocycles. The Morgan fingerprint density at radius 3 is 2.42 bits per heavy atom. The van der Waals surface area contributed by atoms with Gasteiger partial charge in [0.25, 0.3) is 15.9 Å². The van der Waals surface area contributed by atoms with E-state index in [0.717, 1.165) is 0 Å². The number of ether oxygens (including phenoxy) is 1. The molecule has 0 spiro atoms. The minimum Gasteiger partial charge on any atom is -0.465 e. The summed E-state index contributed by atoms with van der Waals surface area (Å²) in [5.41, 5.74) is 0.436. The maximum atomic E-state index is 12.7. The number of rotatable bonds is 5. The molecule has 0 aromatic heterocycles. The van der Waals surface area contributed by atoms with Gasteiger partial charge in [-0.15, -0.1) is 0 Å². The molecule has 0 aliphatic rings. The summed E-state index contributed by atoms with van der Waals surface area (Å²) in [5, 5.41) is 0. The first-order valence-electron chi connectivity index (χ1n) is 7.38. The van der Waals surface area contributed by atoms with Crippen molar-refractivity contribution in [2.75, 3.05) is 25.9 Å². The molecule has 7 nitrogen and oxygen atoms in total. The van der Waals surface area contributed by atoms with E-state index in [0.29, 0.717) is 10.0 Å². The first-order chi connectivity index (χ1) is 12.2. The van der Waals surface area contributed by atoms with Crippen molar-refractivity contribution >= 4 is 43.5 Å². The summed E-state index contributed by atoms with van der Waals surface area (Å²) < 4.78 is 33.1. The van der Waals surface area contributed by atoms with Gasteiger partial charge >= 0.3 is 5.97 Å². The quantitative estimate of drug-likeness (QED) is 0.721. The zero-order valence-electron chi connectivity index (χ0n) is 14.3. The van der Waals surface area contributed by atoms with Gasteiger partial charge in [0.2, 0.25) is 0 Å². The van der Waals surface area contributed by atoms with Gasteiger partial charge in [-0.05, 0) is 36.4 Å². The molecule has 0 saturated heterocycles. The molecule has 2 aromatic carbocycles. The van der Waals surface area contributed by atoms with Gasteiger partial charge in [0.05, 0.1) is 12.7 Å². The molecule has 0 aliphatic carbocycles. The Bertz CT molecular complexity index is 957. The van der Waals surface area contributed by atoms with E-state index in [9.17, 15) is 18.0 Å². The lowest BCUT2D eigenvalue weighted by molar-refractivity contribution is 0.0596. The lowest BCUT2D eigenvalue weighted by Gasteiger charge is -2.14. The molecule has 0 unspecified atom stereocenters. The van der Waals surface area contributed by atoms with E-state index in [4.69, 9.17) is 0 Å². The highest BCUT2D eigenvalue weighted by Crippen LogP contribution is 2.24. The molecule has 1 amide bonds. The van der Waals surface area contributed by atoms with E-state index in [1.807, 2.05) is 0 Å². The zero-order valence-corrected chi connectivity index (χ0v) is 16.7. The van der Waals surface area contributed by atoms with Crippen LogP contribution < -0.4 is 4.72 Å². The average Bonchev–Trinajstić information content (AvgIpc) is 2.59. The van der Waals surface area contributed by atoms with Crippen molar-refractivity contribution in [3.8, 4) is 0 Å². The van der Waals surface area contributed by atoms with E-state index >= 15 is 0 Å². The number of benzene rings is 2. The van der Waals surface area contributed by atoms with Crippen molar-refractivity contribution in [2.24, 2.45) is 0 Å². The molecular formula is C17H17BrN2O5S. The fraction of sp³-hybridized carbons (Fsp3) is 0.176. The van der Waals surface area contributed by atoms with E-state index in [1.54, 1.807) is 26.2 Å². The largest absolute Gasteiger partial charge is 0.465 e. The standard InChI is InChI=1S/C17H17BrN2O5S/c1-20(2)16(21)11-5-4-6-13(9-11)19-26(23,24)15-8-7-12(18)10-14(15)17(22)25-3/h4-10,19H,1-3H3. The molecule has 0 saturated carbocycles. The van der Waals surface area contributed by atoms with Crippen molar-refractivity contribution in [1.82, 2.24) is 4.90 Å². The predicted octanol–water partition coefficient (Wildman–Crippen LogP) is 2.74. The van der Waals surface area contributed by atoms with Gasteiger partial charge in [0.15, 0.2) is 0 Å². The summed E-state index contributed by atoms with van der Waals surface area (Å²) in [6.07, 6.45) is 0. The maximum absolute atomic E-state index is 12.7. The van der Waals surface area contributed by atoms with Gasteiger partial charge < -0.3 is 9.64 Å². The summed E-state index contributed by atoms with van der Waals surface area (Å²) in [7, 11) is 0.297. The van der Waals surface area contributed by atoms with Crippen LogP contribution in [0.15, 0.2) is 51.8 Å². The lowest BCUT2D eigenvalue weighted by atomic mass is 10.2. The van der Waals surface area contributed by atoms with E-state index in [1.165, 1.54) is 42.3 Å². The Kier molecular flexibility index (Phi) is 6.04. The molecule has 2 aromatic rings. The molecule has 0 bridgehead atoms. The number of carbonyl (C=O) groups is 2. The lowest BCUT2D eigenvalue weighted by Crippen LogP contribution is -2.22. The van der Waals surface area contributed by atoms with Gasteiger partial charge in [-0.2, -0.15) is 0 Å². The van der Waals surface area contributed by atoms with Crippen molar-refractivity contribution in [3.05, 3.63) is 58.1 Å². The molecule has 1 N–H and O–H groups in total. The third-order valence-electron chi connectivity index (χ3n) is 3.40. The van der Waals surface area contributed by atoms with Gasteiger partial charge in [0.1, 0.15) is 4.90 Å². The number of nitrogens with one attached hydrogen (secondary N) is 1. The molecule has 0 radical (unpaired) electrons. The van der Waals surface area contributed by atoms with Crippen LogP contribution in [0.25, 0.3) is 0 Å². The monoisotopic (exact) mass is 440 g/mol. The van der Waals surface area contributed by atoms with Crippen LogP contribution in [0, 0.1) is 0 Å². The Morgan fingerprint density at radius 1 is 1.12 bits per heavy atom. The molecular weight excluding hydrogens is 424 g/mol. The normalized spacial score (nSPS) is 10.9. The first-order valence-corrected chi connectivity index (χ1v) is 9.65. The minimum atomic E-state index is -4.08. The highest BCUT2D eigenvalue weighted by molar-refractivity contribution is 9.10. The number of nitrogens with zero attached hydrogens (tertiary/aromatic N) is 1. The van der Waals surface area contributed by atoms with Crippen LogP contribution >= 0.6 is 15.9 Å². The van der Waals surface area contributed by atoms with Crippen LogP contribution in [0.5, 0.6) is 0 Å². The van der Waals surface area contributed by atoms with Crippen LogP contribution in [0.2, 0.25) is 0 Å². The van der Waals surface area contributed by atoms with Gasteiger partial charge in [-0.3, -0.25) is 9.52 Å². The van der Waals surface area contributed by atoms with E-state index < -0.39 is 16.0 Å². The van der Waals surface area contributed by atoms with Crippen LogP contribution in [-0.4, -0.2) is 46.4 Å². The summed E-state index contributed by atoms with van der Waals surface area (Å²) >= 11 is 3.20. The number of hydrogen-bond donors (Lipinski definition) is 1. The molecule has 0 fully saturated rings. The van der Waals surface area contributed by atoms with Crippen molar-refractivity contribution < 1.29 is 22.7 Å². The van der Waals surface area contributed by atoms with Crippen LogP contribution in [0.3, 0.4) is 0 Å². The first kappa shape index (κ1) is 19.9. The van der Waals surface area contributed by atoms with Gasteiger partial charge in [-0.25, -0.2) is 13.2 Å². The second-order valence-electron chi connectivity index (χ2n) is 5.52. The maximum Gasteiger partial charge on any atom is 0.339 e. The smallest absolute Gasteiger partial charge is 0.339 e. The molecule has 26 heavy (non-hydrogen) atoms. The molecule has 9 heteroatoms. The summed E-state index contributed by atoms with van der Waals surface area (Å²) in [6, 6.07) is 10.3. The number of amides is 1. The Balaban J connectivity index is 2.43. The SMILES string of the molecule is COC(=O)c1cc(Br)ccc1S(=O)(=O)Nc1cccc(C(=O)N(C)C)c1. The molecule has 2 rings (SSSR count). The number of esters is 1. The average molecular weight is 441 g/mol.